The molecular weight excluding hydrogens is 156 g/mol. The van der Waals surface area contributed by atoms with Gasteiger partial charge in [0.1, 0.15) is 6.10 Å². The molecule has 4 heteroatoms. The summed E-state index contributed by atoms with van der Waals surface area (Å²) in [5.41, 5.74) is 4.88. The Morgan fingerprint density at radius 2 is 2.00 bits per heavy atom. The summed E-state index contributed by atoms with van der Waals surface area (Å²) < 4.78 is 0. The quantitative estimate of drug-likeness (QED) is 0.513. The van der Waals surface area contributed by atoms with Gasteiger partial charge in [-0.05, 0) is 12.8 Å². The van der Waals surface area contributed by atoms with Crippen LogP contribution < -0.4 is 11.1 Å². The molecule has 1 atom stereocenters. The highest BCUT2D eigenvalue weighted by molar-refractivity contribution is 5.78. The lowest BCUT2D eigenvalue weighted by Gasteiger charge is -2.15. The summed E-state index contributed by atoms with van der Waals surface area (Å²) in [6.45, 7) is 4.36. The third kappa shape index (κ3) is 4.31. The molecule has 0 saturated carbocycles. The third-order valence-electron chi connectivity index (χ3n) is 1.91. The van der Waals surface area contributed by atoms with E-state index in [2.05, 4.69) is 19.2 Å². The fourth-order valence-electron chi connectivity index (χ4n) is 0.956. The van der Waals surface area contributed by atoms with Gasteiger partial charge in [-0.3, -0.25) is 4.79 Å². The number of hydrogen-bond acceptors (Lipinski definition) is 3. The Balaban J connectivity index is 3.58. The highest BCUT2D eigenvalue weighted by Crippen LogP contribution is 1.95. The lowest BCUT2D eigenvalue weighted by Crippen LogP contribution is -2.41. The predicted molar refractivity (Wildman–Crippen MR) is 47.6 cm³/mol. The van der Waals surface area contributed by atoms with Crippen molar-refractivity contribution in [2.45, 2.75) is 38.8 Å². The van der Waals surface area contributed by atoms with Crippen LogP contribution in [0.4, 0.5) is 0 Å². The molecule has 0 aromatic heterocycles. The molecule has 0 aliphatic heterocycles. The number of carbonyl (C=O) groups excluding carboxylic acids is 1. The Morgan fingerprint density at radius 1 is 1.50 bits per heavy atom. The molecule has 0 aromatic carbocycles. The van der Waals surface area contributed by atoms with Gasteiger partial charge in [-0.25, -0.2) is 0 Å². The highest BCUT2D eigenvalue weighted by atomic mass is 16.3. The predicted octanol–water partition coefficient (Wildman–Crippen LogP) is -0.389. The number of aliphatic hydroxyl groups is 1. The van der Waals surface area contributed by atoms with E-state index in [-0.39, 0.29) is 6.54 Å². The van der Waals surface area contributed by atoms with Crippen molar-refractivity contribution in [3.05, 3.63) is 0 Å². The van der Waals surface area contributed by atoms with Gasteiger partial charge < -0.3 is 16.2 Å². The fourth-order valence-corrected chi connectivity index (χ4v) is 0.956. The molecule has 1 unspecified atom stereocenters. The zero-order valence-electron chi connectivity index (χ0n) is 7.71. The van der Waals surface area contributed by atoms with Crippen LogP contribution in [0.1, 0.15) is 26.7 Å². The van der Waals surface area contributed by atoms with Gasteiger partial charge in [0.05, 0.1) is 0 Å². The van der Waals surface area contributed by atoms with Crippen molar-refractivity contribution in [3.8, 4) is 0 Å². The standard InChI is InChI=1S/C8H18N2O2/c1-3-6(4-2)10-5-7(11)8(9)12/h6-7,10-11H,3-5H2,1-2H3,(H2,9,12). The second kappa shape index (κ2) is 5.97. The number of aliphatic hydroxyl groups excluding tert-OH is 1. The number of rotatable bonds is 6. The van der Waals surface area contributed by atoms with Crippen LogP contribution in [0.2, 0.25) is 0 Å². The Morgan fingerprint density at radius 3 is 2.33 bits per heavy atom. The van der Waals surface area contributed by atoms with E-state index in [1.54, 1.807) is 0 Å². The van der Waals surface area contributed by atoms with Gasteiger partial charge in [0.2, 0.25) is 5.91 Å². The highest BCUT2D eigenvalue weighted by Gasteiger charge is 2.11. The number of primary amides is 1. The maximum absolute atomic E-state index is 10.4. The first-order valence-corrected chi connectivity index (χ1v) is 4.32. The number of nitrogens with two attached hydrogens (primary N) is 1. The van der Waals surface area contributed by atoms with Gasteiger partial charge >= 0.3 is 0 Å². The molecule has 0 spiro atoms. The Hall–Kier alpha value is -0.610. The van der Waals surface area contributed by atoms with Crippen molar-refractivity contribution < 1.29 is 9.90 Å². The SMILES string of the molecule is CCC(CC)NCC(O)C(N)=O. The summed E-state index contributed by atoms with van der Waals surface area (Å²) in [5.74, 6) is -0.673. The van der Waals surface area contributed by atoms with Crippen LogP contribution in [0.3, 0.4) is 0 Å². The zero-order chi connectivity index (χ0) is 9.56. The van der Waals surface area contributed by atoms with Crippen molar-refractivity contribution in [2.75, 3.05) is 6.54 Å². The molecular formula is C8H18N2O2. The molecule has 0 saturated heterocycles. The maximum atomic E-state index is 10.4. The van der Waals surface area contributed by atoms with Crippen LogP contribution in [-0.4, -0.2) is 29.7 Å². The van der Waals surface area contributed by atoms with Crippen LogP contribution in [0.25, 0.3) is 0 Å². The second-order valence-electron chi connectivity index (χ2n) is 2.84. The van der Waals surface area contributed by atoms with E-state index in [0.29, 0.717) is 6.04 Å². The van der Waals surface area contributed by atoms with E-state index in [0.717, 1.165) is 12.8 Å². The summed E-state index contributed by atoms with van der Waals surface area (Å²) >= 11 is 0. The number of amides is 1. The zero-order valence-corrected chi connectivity index (χ0v) is 7.71. The first-order valence-electron chi connectivity index (χ1n) is 4.32. The average Bonchev–Trinajstić information content (AvgIpc) is 2.05. The summed E-state index contributed by atoms with van der Waals surface area (Å²) in [5, 5.41) is 12.1. The molecule has 72 valence electrons. The molecule has 12 heavy (non-hydrogen) atoms. The van der Waals surface area contributed by atoms with Gasteiger partial charge in [-0.2, -0.15) is 0 Å². The molecule has 0 radical (unpaired) electrons. The summed E-state index contributed by atoms with van der Waals surface area (Å²) in [6.07, 6.45) is 0.912. The first kappa shape index (κ1) is 11.4. The van der Waals surface area contributed by atoms with Crippen molar-refractivity contribution in [2.24, 2.45) is 5.73 Å². The smallest absolute Gasteiger partial charge is 0.247 e. The minimum atomic E-state index is -1.06. The molecule has 4 N–H and O–H groups in total. The van der Waals surface area contributed by atoms with Crippen molar-refractivity contribution in [3.63, 3.8) is 0 Å². The molecule has 0 aliphatic carbocycles. The molecule has 4 nitrogen and oxygen atoms in total. The summed E-state index contributed by atoms with van der Waals surface area (Å²) in [7, 11) is 0. The lowest BCUT2D eigenvalue weighted by molar-refractivity contribution is -0.125. The molecule has 0 fully saturated rings. The van der Waals surface area contributed by atoms with Crippen molar-refractivity contribution in [1.29, 1.82) is 0 Å². The number of nitrogens with one attached hydrogen (secondary N) is 1. The molecule has 0 bridgehead atoms. The van der Waals surface area contributed by atoms with Gasteiger partial charge in [-0.15, -0.1) is 0 Å². The third-order valence-corrected chi connectivity index (χ3v) is 1.91. The Kier molecular flexibility index (Phi) is 5.66. The van der Waals surface area contributed by atoms with Gasteiger partial charge in [0.15, 0.2) is 0 Å². The molecule has 0 heterocycles. The number of carbonyl (C=O) groups is 1. The molecule has 0 aromatic rings. The summed E-state index contributed by atoms with van der Waals surface area (Å²) in [4.78, 5) is 10.4. The van der Waals surface area contributed by atoms with E-state index in [1.807, 2.05) is 0 Å². The molecule has 0 aliphatic rings. The monoisotopic (exact) mass is 174 g/mol. The van der Waals surface area contributed by atoms with Crippen molar-refractivity contribution >= 4 is 5.91 Å². The summed E-state index contributed by atoms with van der Waals surface area (Å²) in [6, 6.07) is 0.360. The van der Waals surface area contributed by atoms with Gasteiger partial charge in [0.25, 0.3) is 0 Å². The normalized spacial score (nSPS) is 13.3. The van der Waals surface area contributed by atoms with Crippen LogP contribution >= 0.6 is 0 Å². The second-order valence-corrected chi connectivity index (χ2v) is 2.84. The first-order chi connectivity index (χ1) is 5.61. The van der Waals surface area contributed by atoms with Gasteiger partial charge in [-0.1, -0.05) is 13.8 Å². The Bertz CT molecular complexity index is 135. The van der Waals surface area contributed by atoms with E-state index in [4.69, 9.17) is 10.8 Å². The molecule has 0 rings (SSSR count). The fraction of sp³-hybridized carbons (Fsp3) is 0.875. The maximum Gasteiger partial charge on any atom is 0.247 e. The van der Waals surface area contributed by atoms with Crippen LogP contribution in [-0.2, 0) is 4.79 Å². The van der Waals surface area contributed by atoms with Crippen LogP contribution in [0, 0.1) is 0 Å². The largest absolute Gasteiger partial charge is 0.382 e. The van der Waals surface area contributed by atoms with Crippen molar-refractivity contribution in [1.82, 2.24) is 5.32 Å². The van der Waals surface area contributed by atoms with Gasteiger partial charge in [0, 0.05) is 12.6 Å². The van der Waals surface area contributed by atoms with E-state index < -0.39 is 12.0 Å². The van der Waals surface area contributed by atoms with E-state index in [9.17, 15) is 4.79 Å². The van der Waals surface area contributed by atoms with Crippen LogP contribution in [0.5, 0.6) is 0 Å². The minimum absolute atomic E-state index is 0.252. The van der Waals surface area contributed by atoms with E-state index >= 15 is 0 Å². The molecule has 1 amide bonds. The Labute approximate surface area is 73.1 Å². The lowest BCUT2D eigenvalue weighted by atomic mass is 10.1. The number of hydrogen-bond donors (Lipinski definition) is 3. The van der Waals surface area contributed by atoms with E-state index in [1.165, 1.54) is 0 Å². The van der Waals surface area contributed by atoms with Crippen LogP contribution in [0.15, 0.2) is 0 Å². The topological polar surface area (TPSA) is 75.3 Å². The average molecular weight is 174 g/mol. The minimum Gasteiger partial charge on any atom is -0.382 e.